The van der Waals surface area contributed by atoms with Crippen LogP contribution in [0.4, 0.5) is 0 Å². The van der Waals surface area contributed by atoms with Crippen molar-refractivity contribution >= 4 is 28.7 Å². The van der Waals surface area contributed by atoms with Crippen molar-refractivity contribution in [3.63, 3.8) is 0 Å². The van der Waals surface area contributed by atoms with Gasteiger partial charge in [0, 0.05) is 0 Å². The third-order valence-electron chi connectivity index (χ3n) is 0.285. The molecule has 0 unspecified atom stereocenters. The maximum Gasteiger partial charge on any atom is 0.121 e. The van der Waals surface area contributed by atoms with Gasteiger partial charge in [-0.3, -0.25) is 11.0 Å². The third kappa shape index (κ3) is 4.92. The average molecular weight is 142 g/mol. The zero-order chi connectivity index (χ0) is 5.21. The van der Waals surface area contributed by atoms with E-state index < -0.39 is 5.54 Å². The Hall–Kier alpha value is 0.920. The van der Waals surface area contributed by atoms with Gasteiger partial charge in [-0.2, -0.15) is 0 Å². The first-order valence-corrected chi connectivity index (χ1v) is 6.06. The highest BCUT2D eigenvalue weighted by Crippen LogP contribution is 2.39. The van der Waals surface area contributed by atoms with Gasteiger partial charge in [0.05, 0.1) is 0 Å². The van der Waals surface area contributed by atoms with Gasteiger partial charge in [0.1, 0.15) is 5.54 Å². The van der Waals surface area contributed by atoms with Gasteiger partial charge in [0.15, 0.2) is 0 Å². The lowest BCUT2D eigenvalue weighted by molar-refractivity contribution is 1.84. The predicted octanol–water partition coefficient (Wildman–Crippen LogP) is 0.491. The molecule has 0 saturated heterocycles. The fourth-order valence-electron chi connectivity index (χ4n) is 0. The summed E-state index contributed by atoms with van der Waals surface area (Å²) in [7, 11) is 0. The zero-order valence-electron chi connectivity index (χ0n) is 3.42. The van der Waals surface area contributed by atoms with Gasteiger partial charge in [-0.15, -0.1) is 0 Å². The zero-order valence-corrected chi connectivity index (χ0v) is 5.95. The predicted molar refractivity (Wildman–Crippen MR) is 36.2 cm³/mol. The maximum absolute atomic E-state index is 5.20. The molecule has 0 atom stereocenters. The van der Waals surface area contributed by atoms with Gasteiger partial charge in [-0.25, -0.2) is 0 Å². The van der Waals surface area contributed by atoms with Crippen LogP contribution in [0.3, 0.4) is 0 Å². The summed E-state index contributed by atoms with van der Waals surface area (Å²) in [5.41, 5.74) is 8.51. The van der Waals surface area contributed by atoms with E-state index in [1.54, 1.807) is 0 Å². The highest BCUT2D eigenvalue weighted by atomic mass is 32.9. The topological polar surface area (TPSA) is 52.0 Å². The van der Waals surface area contributed by atoms with E-state index in [-0.39, 0.29) is 0 Å². The Labute approximate surface area is 46.5 Å². The summed E-state index contributed by atoms with van der Waals surface area (Å²) in [6.45, 7) is 0. The third-order valence-corrected chi connectivity index (χ3v) is 3.91. The van der Waals surface area contributed by atoms with Crippen LogP contribution in [0.5, 0.6) is 0 Å². The molecule has 0 aromatic rings. The Morgan fingerprint density at radius 1 is 1.67 bits per heavy atom. The van der Waals surface area contributed by atoms with Crippen molar-refractivity contribution in [1.29, 1.82) is 0 Å². The first-order valence-electron chi connectivity index (χ1n) is 1.29. The number of hydrogen-bond acceptors (Lipinski definition) is 2. The maximum atomic E-state index is 5.20. The van der Waals surface area contributed by atoms with Crippen LogP contribution >= 0.6 is 16.9 Å². The average Bonchev–Trinajstić information content (AvgIpc) is 1.35. The van der Waals surface area contributed by atoms with E-state index in [9.17, 15) is 0 Å². The van der Waals surface area contributed by atoms with Gasteiger partial charge in [0.2, 0.25) is 0 Å². The molecule has 5 heteroatoms. The Morgan fingerprint density at radius 2 is 1.83 bits per heavy atom. The normalized spacial score (nSPS) is 11.8. The minimum absolute atomic E-state index is 1.36. The fourth-order valence-corrected chi connectivity index (χ4v) is 0. The molecule has 0 aliphatic heterocycles. The molecule has 0 bridgehead atoms. The largest absolute Gasteiger partial charge is 0.283 e. The summed E-state index contributed by atoms with van der Waals surface area (Å²) in [6.07, 6.45) is 1.82. The monoisotopic (exact) mass is 142 g/mol. The van der Waals surface area contributed by atoms with Crippen molar-refractivity contribution in [2.75, 3.05) is 6.26 Å². The second kappa shape index (κ2) is 2.28. The van der Waals surface area contributed by atoms with Crippen LogP contribution in [0.1, 0.15) is 0 Å². The van der Waals surface area contributed by atoms with Crippen molar-refractivity contribution in [3.05, 3.63) is 0 Å². The lowest BCUT2D eigenvalue weighted by Crippen LogP contribution is -1.97. The minimum atomic E-state index is -1.90. The van der Waals surface area contributed by atoms with Gasteiger partial charge in [-0.05, 0) is 6.26 Å². The quantitative estimate of drug-likeness (QED) is 0.523. The van der Waals surface area contributed by atoms with Crippen LogP contribution in [0.2, 0.25) is 0 Å². The molecule has 0 heterocycles. The van der Waals surface area contributed by atoms with E-state index in [1.165, 1.54) is 11.4 Å². The molecule has 4 N–H and O–H groups in total. The Bertz CT molecular complexity index is 75.6. The van der Waals surface area contributed by atoms with Crippen LogP contribution in [-0.4, -0.2) is 6.26 Å². The first kappa shape index (κ1) is 6.92. The summed E-state index contributed by atoms with van der Waals surface area (Å²) in [6, 6.07) is 0. The van der Waals surface area contributed by atoms with Crippen molar-refractivity contribution in [2.24, 2.45) is 11.0 Å². The van der Waals surface area contributed by atoms with Crippen LogP contribution in [0.15, 0.2) is 0 Å². The summed E-state index contributed by atoms with van der Waals surface area (Å²) >= 11 is 5.98. The van der Waals surface area contributed by atoms with Crippen LogP contribution in [-0.2, 0) is 11.8 Å². The van der Waals surface area contributed by atoms with E-state index in [4.69, 9.17) is 11.0 Å². The standard InChI is InChI=1S/CH7N2PS2/c1-6-4(2,3)5/h1H3,(H4,2,3,5). The molecule has 0 aromatic heterocycles. The lowest BCUT2D eigenvalue weighted by Gasteiger charge is -2.01. The SMILES string of the molecule is CSP(N)(N)=S. The summed E-state index contributed by atoms with van der Waals surface area (Å²) in [5.74, 6) is 0. The first-order chi connectivity index (χ1) is 2.56. The van der Waals surface area contributed by atoms with E-state index in [0.29, 0.717) is 0 Å². The fraction of sp³-hybridized carbons (Fsp3) is 1.00. The van der Waals surface area contributed by atoms with Crippen LogP contribution in [0, 0.1) is 0 Å². The van der Waals surface area contributed by atoms with Gasteiger partial charge >= 0.3 is 0 Å². The van der Waals surface area contributed by atoms with E-state index in [0.717, 1.165) is 0 Å². The molecule has 6 heavy (non-hydrogen) atoms. The molecule has 0 fully saturated rings. The van der Waals surface area contributed by atoms with Crippen molar-refractivity contribution in [3.8, 4) is 0 Å². The van der Waals surface area contributed by atoms with Crippen LogP contribution < -0.4 is 11.0 Å². The molecule has 0 aliphatic rings. The second-order valence-corrected chi connectivity index (χ2v) is 7.90. The van der Waals surface area contributed by atoms with Gasteiger partial charge < -0.3 is 0 Å². The van der Waals surface area contributed by atoms with E-state index in [2.05, 4.69) is 11.8 Å². The lowest BCUT2D eigenvalue weighted by atomic mass is 12.0. The second-order valence-electron chi connectivity index (χ2n) is 0.828. The molecule has 0 amide bonds. The summed E-state index contributed by atoms with van der Waals surface area (Å²) in [4.78, 5) is 0. The molecule has 0 aromatic carbocycles. The van der Waals surface area contributed by atoms with Gasteiger partial charge in [0.25, 0.3) is 0 Å². The Morgan fingerprint density at radius 3 is 1.83 bits per heavy atom. The molecule has 0 aliphatic carbocycles. The molecule has 0 spiro atoms. The molecular formula is CH7N2PS2. The van der Waals surface area contributed by atoms with E-state index in [1.807, 2.05) is 6.26 Å². The highest BCUT2D eigenvalue weighted by molar-refractivity contribution is 8.69. The molecular weight excluding hydrogens is 135 g/mol. The number of hydrogen-bond donors (Lipinski definition) is 2. The van der Waals surface area contributed by atoms with E-state index >= 15 is 0 Å². The van der Waals surface area contributed by atoms with Crippen LogP contribution in [0.25, 0.3) is 0 Å². The van der Waals surface area contributed by atoms with Crippen molar-refractivity contribution in [1.82, 2.24) is 0 Å². The number of nitrogens with two attached hydrogens (primary N) is 2. The summed E-state index contributed by atoms with van der Waals surface area (Å²) in [5, 5.41) is 0. The Balaban J connectivity index is 3.48. The highest BCUT2D eigenvalue weighted by Gasteiger charge is 1.94. The summed E-state index contributed by atoms with van der Waals surface area (Å²) < 4.78 is 0. The van der Waals surface area contributed by atoms with Crippen molar-refractivity contribution in [2.45, 2.75) is 0 Å². The van der Waals surface area contributed by atoms with Crippen molar-refractivity contribution < 1.29 is 0 Å². The molecule has 0 saturated carbocycles. The molecule has 38 valence electrons. The molecule has 2 nitrogen and oxygen atoms in total. The van der Waals surface area contributed by atoms with Gasteiger partial charge in [-0.1, -0.05) is 23.2 Å². The smallest absolute Gasteiger partial charge is 0.121 e. The molecule has 0 radical (unpaired) electrons. The minimum Gasteiger partial charge on any atom is -0.283 e. The number of rotatable bonds is 1. The molecule has 0 rings (SSSR count). The Kier molecular flexibility index (Phi) is 2.63.